The van der Waals surface area contributed by atoms with E-state index >= 15 is 0 Å². The van der Waals surface area contributed by atoms with E-state index in [1.807, 2.05) is 50.4 Å². The van der Waals surface area contributed by atoms with Crippen LogP contribution in [0.1, 0.15) is 39.9 Å². The molecule has 0 bridgehead atoms. The molecular weight excluding hydrogens is 631 g/mol. The molecule has 3 aliphatic rings. The number of Topliss-reactive ketones (excluding diaryl/α,β-unsaturated/α-hetero) is 1. The van der Waals surface area contributed by atoms with Gasteiger partial charge in [0.2, 0.25) is 0 Å². The summed E-state index contributed by atoms with van der Waals surface area (Å²) in [7, 11) is 0.308. The van der Waals surface area contributed by atoms with Crippen molar-refractivity contribution in [2.75, 3.05) is 46.8 Å². The Morgan fingerprint density at radius 1 is 0.796 bits per heavy atom. The largest absolute Gasteiger partial charge is 0.306 e. The first-order valence-corrected chi connectivity index (χ1v) is 18.8. The van der Waals surface area contributed by atoms with Crippen molar-refractivity contribution in [2.24, 2.45) is 5.92 Å². The molecule has 0 atom stereocenters. The monoisotopic (exact) mass is 673 g/mol. The number of piperidine rings is 1. The Morgan fingerprint density at radius 2 is 1.51 bits per heavy atom. The number of aromatic nitrogens is 2. The number of hydrogen-bond acceptors (Lipinski definition) is 7. The summed E-state index contributed by atoms with van der Waals surface area (Å²) in [4.78, 5) is 25.3. The molecule has 0 saturated carbocycles. The van der Waals surface area contributed by atoms with Crippen LogP contribution in [-0.2, 0) is 23.0 Å². The first-order chi connectivity index (χ1) is 23.6. The lowest BCUT2D eigenvalue weighted by Gasteiger charge is -2.39. The molecule has 49 heavy (non-hydrogen) atoms. The van der Waals surface area contributed by atoms with E-state index in [9.17, 15) is 13.2 Å². The second kappa shape index (κ2) is 12.6. The van der Waals surface area contributed by atoms with Crippen LogP contribution >= 0.6 is 0 Å². The van der Waals surface area contributed by atoms with Crippen LogP contribution < -0.4 is 0 Å². The van der Waals surface area contributed by atoms with Crippen molar-refractivity contribution < 1.29 is 13.2 Å². The normalized spacial score (nSPS) is 18.4. The molecule has 8 nitrogen and oxygen atoms in total. The molecule has 2 aromatic heterocycles. The molecule has 5 aromatic rings. The number of fused-ring (bicyclic) bond motifs is 2. The van der Waals surface area contributed by atoms with Gasteiger partial charge in [0.1, 0.15) is 0 Å². The van der Waals surface area contributed by atoms with Gasteiger partial charge in [-0.3, -0.25) is 9.69 Å². The lowest BCUT2D eigenvalue weighted by molar-refractivity contribution is 0.0702. The van der Waals surface area contributed by atoms with Gasteiger partial charge >= 0.3 is 0 Å². The molecule has 252 valence electrons. The summed E-state index contributed by atoms with van der Waals surface area (Å²) in [6.45, 7) is 7.88. The van der Waals surface area contributed by atoms with E-state index in [0.717, 1.165) is 65.8 Å². The number of carbonyl (C=O) groups is 1. The van der Waals surface area contributed by atoms with Crippen molar-refractivity contribution in [1.29, 1.82) is 0 Å². The van der Waals surface area contributed by atoms with Crippen LogP contribution in [0, 0.1) is 12.8 Å². The van der Waals surface area contributed by atoms with Crippen LogP contribution in [0.2, 0.25) is 0 Å². The molecule has 0 N–H and O–H groups in total. The number of carbonyl (C=O) groups excluding carboxylic acids is 1. The van der Waals surface area contributed by atoms with Crippen LogP contribution in [0.15, 0.2) is 90.1 Å². The number of ketones is 1. The minimum Gasteiger partial charge on any atom is -0.306 e. The Morgan fingerprint density at radius 3 is 2.22 bits per heavy atom. The van der Waals surface area contributed by atoms with Crippen molar-refractivity contribution in [1.82, 2.24) is 23.7 Å². The van der Waals surface area contributed by atoms with Gasteiger partial charge in [0.25, 0.3) is 10.0 Å². The predicted molar refractivity (Wildman–Crippen MR) is 194 cm³/mol. The van der Waals surface area contributed by atoms with Crippen LogP contribution in [0.25, 0.3) is 33.3 Å². The number of rotatable bonds is 7. The summed E-state index contributed by atoms with van der Waals surface area (Å²) in [5.74, 6) is 0.179. The third-order valence-electron chi connectivity index (χ3n) is 10.9. The molecule has 2 saturated heterocycles. The van der Waals surface area contributed by atoms with Crippen LogP contribution in [0.5, 0.6) is 0 Å². The van der Waals surface area contributed by atoms with Gasteiger partial charge in [-0.05, 0) is 93.8 Å². The Kier molecular flexibility index (Phi) is 8.27. The molecule has 0 spiro atoms. The fourth-order valence-corrected chi connectivity index (χ4v) is 9.14. The number of aryl methyl sites for hydroxylation is 1. The van der Waals surface area contributed by atoms with Gasteiger partial charge in [-0.25, -0.2) is 17.4 Å². The van der Waals surface area contributed by atoms with Gasteiger partial charge < -0.3 is 9.80 Å². The highest BCUT2D eigenvalue weighted by Gasteiger charge is 2.31. The van der Waals surface area contributed by atoms with Gasteiger partial charge in [0.05, 0.1) is 4.90 Å². The Labute approximate surface area is 289 Å². The zero-order chi connectivity index (χ0) is 33.9. The van der Waals surface area contributed by atoms with Crippen molar-refractivity contribution in [3.8, 4) is 22.3 Å². The minimum atomic E-state index is -3.92. The number of likely N-dealkylation sites (tertiary alicyclic amines) is 2. The summed E-state index contributed by atoms with van der Waals surface area (Å²) < 4.78 is 29.4. The van der Waals surface area contributed by atoms with Gasteiger partial charge in [-0.2, -0.15) is 0 Å². The van der Waals surface area contributed by atoms with Crippen LogP contribution in [0.3, 0.4) is 0 Å². The molecule has 0 radical (unpaired) electrons. The van der Waals surface area contributed by atoms with E-state index in [4.69, 9.17) is 4.98 Å². The molecule has 2 fully saturated rings. The first-order valence-electron chi connectivity index (χ1n) is 17.4. The molecule has 0 unspecified atom stereocenters. The Bertz CT molecular complexity index is 2140. The lowest BCUT2D eigenvalue weighted by Crippen LogP contribution is -2.47. The van der Waals surface area contributed by atoms with E-state index in [1.165, 1.54) is 41.0 Å². The summed E-state index contributed by atoms with van der Waals surface area (Å²) in [5.41, 5.74) is 8.43. The van der Waals surface area contributed by atoms with Gasteiger partial charge in [-0.15, -0.1) is 0 Å². The third-order valence-corrected chi connectivity index (χ3v) is 12.6. The lowest BCUT2D eigenvalue weighted by atomic mass is 9.90. The maximum Gasteiger partial charge on any atom is 0.269 e. The number of hydrogen-bond donors (Lipinski definition) is 0. The van der Waals surface area contributed by atoms with Crippen molar-refractivity contribution in [2.45, 2.75) is 43.7 Å². The highest BCUT2D eigenvalue weighted by atomic mass is 32.2. The second-order valence-corrected chi connectivity index (χ2v) is 16.2. The average Bonchev–Trinajstić information content (AvgIpc) is 3.50. The molecular formula is C40H43N5O3S. The van der Waals surface area contributed by atoms with Crippen LogP contribution in [0.4, 0.5) is 0 Å². The molecule has 0 aliphatic carbocycles. The highest BCUT2D eigenvalue weighted by Crippen LogP contribution is 2.36. The number of nitrogens with zero attached hydrogens (tertiary/aromatic N) is 5. The number of benzene rings is 3. The zero-order valence-electron chi connectivity index (χ0n) is 28.5. The first kappa shape index (κ1) is 32.1. The maximum atomic E-state index is 14.0. The molecule has 3 aromatic carbocycles. The minimum absolute atomic E-state index is 0.0261. The van der Waals surface area contributed by atoms with E-state index in [2.05, 4.69) is 46.0 Å². The quantitative estimate of drug-likeness (QED) is 0.193. The van der Waals surface area contributed by atoms with Gasteiger partial charge in [0.15, 0.2) is 11.4 Å². The highest BCUT2D eigenvalue weighted by molar-refractivity contribution is 7.90. The zero-order valence-corrected chi connectivity index (χ0v) is 29.3. The summed E-state index contributed by atoms with van der Waals surface area (Å²) in [6, 6.07) is 23.9. The van der Waals surface area contributed by atoms with Crippen molar-refractivity contribution in [3.05, 3.63) is 107 Å². The second-order valence-electron chi connectivity index (χ2n) is 14.3. The predicted octanol–water partition coefficient (Wildman–Crippen LogP) is 6.11. The van der Waals surface area contributed by atoms with Gasteiger partial charge in [-0.1, -0.05) is 60.2 Å². The van der Waals surface area contributed by atoms with E-state index in [1.54, 1.807) is 24.5 Å². The van der Waals surface area contributed by atoms with E-state index in [-0.39, 0.29) is 16.6 Å². The summed E-state index contributed by atoms with van der Waals surface area (Å²) in [6.07, 6.45) is 6.95. The topological polar surface area (TPSA) is 78.8 Å². The van der Waals surface area contributed by atoms with Gasteiger partial charge in [0, 0.05) is 72.6 Å². The SMILES string of the molecule is Cc1ccc(S(=O)(=O)n2cc(-c3ccc(C(=O)C4CN(C)C4)cc3)c3cc(-c4ccc5c(c4)CCN(C4CCN(C)CC4)C5)cnc32)cc1. The molecule has 0 amide bonds. The Hall–Kier alpha value is -4.15. The molecule has 3 aliphatic heterocycles. The summed E-state index contributed by atoms with van der Waals surface area (Å²) >= 11 is 0. The molecule has 8 rings (SSSR count). The van der Waals surface area contributed by atoms with Crippen molar-refractivity contribution in [3.63, 3.8) is 0 Å². The fourth-order valence-electron chi connectivity index (χ4n) is 7.81. The summed E-state index contributed by atoms with van der Waals surface area (Å²) in [5, 5.41) is 0.749. The number of pyridine rings is 1. The maximum absolute atomic E-state index is 14.0. The standard InChI is InChI=1S/C40H43N5O3S/c1-27-4-12-36(13-5-27)49(47,48)45-26-38(28-6-8-29(9-7-28)39(46)34-23-43(3)24-34)37-21-33(22-41-40(37)45)30-10-11-32-25-44(19-14-31(32)20-30)35-15-17-42(2)18-16-35/h4-13,20-22,26,34-35H,14-19,23-25H2,1-3H3. The average molecular weight is 674 g/mol. The molecule has 9 heteroatoms. The van der Waals surface area contributed by atoms with E-state index in [0.29, 0.717) is 17.3 Å². The van der Waals surface area contributed by atoms with E-state index < -0.39 is 10.0 Å². The van der Waals surface area contributed by atoms with Crippen LogP contribution in [-0.4, -0.2) is 90.7 Å². The molecule has 5 heterocycles. The smallest absolute Gasteiger partial charge is 0.269 e. The fraction of sp³-hybridized carbons (Fsp3) is 0.350. The third kappa shape index (κ3) is 6.03. The Balaban J connectivity index is 1.16. The van der Waals surface area contributed by atoms with Crippen molar-refractivity contribution >= 4 is 26.8 Å².